The van der Waals surface area contributed by atoms with Crippen LogP contribution in [0.4, 0.5) is 4.39 Å². The quantitative estimate of drug-likeness (QED) is 0.672. The molecule has 0 spiro atoms. The topological polar surface area (TPSA) is 46.5 Å². The number of benzene rings is 2. The normalized spacial score (nSPS) is 9.68. The number of carbonyl (C=O) groups is 1. The number of halogens is 3. The minimum absolute atomic E-state index is 0.120. The molecule has 0 aliphatic carbocycles. The second-order valence-corrected chi connectivity index (χ2v) is 4.93. The lowest BCUT2D eigenvalue weighted by atomic mass is 10.1. The Morgan fingerprint density at radius 1 is 1.14 bits per heavy atom. The first-order valence-corrected chi connectivity index (χ1v) is 7.10. The highest BCUT2D eigenvalue weighted by Crippen LogP contribution is 2.27. The van der Waals surface area contributed by atoms with Crippen LogP contribution >= 0.6 is 23.2 Å². The average molecular weight is 345 g/mol. The van der Waals surface area contributed by atoms with Crippen LogP contribution < -0.4 is 0 Å². The number of rotatable bonds is 4. The van der Waals surface area contributed by atoms with E-state index in [1.807, 2.05) is 30.3 Å². The summed E-state index contributed by atoms with van der Waals surface area (Å²) >= 11 is 11.7. The van der Waals surface area contributed by atoms with Gasteiger partial charge in [0.15, 0.2) is 0 Å². The van der Waals surface area contributed by atoms with Crippen molar-refractivity contribution in [1.29, 1.82) is 0 Å². The summed E-state index contributed by atoms with van der Waals surface area (Å²) < 4.78 is 18.4. The van der Waals surface area contributed by atoms with Crippen LogP contribution in [-0.4, -0.2) is 18.2 Å². The van der Waals surface area contributed by atoms with Crippen LogP contribution in [0.1, 0.15) is 11.1 Å². The minimum Gasteiger partial charge on any atom is -0.460 e. The maximum atomic E-state index is 13.3. The molecule has 0 heterocycles. The molecule has 2 aromatic rings. The van der Waals surface area contributed by atoms with Gasteiger partial charge in [0.1, 0.15) is 12.4 Å². The monoisotopic (exact) mass is 344 g/mol. The third-order valence-corrected chi connectivity index (χ3v) is 3.47. The van der Waals surface area contributed by atoms with Gasteiger partial charge in [-0.3, -0.25) is 4.79 Å². The lowest BCUT2D eigenvalue weighted by Gasteiger charge is -2.09. The molecule has 0 unspecified atom stereocenters. The van der Waals surface area contributed by atoms with E-state index in [0.29, 0.717) is 0 Å². The second-order valence-electron chi connectivity index (χ2n) is 4.14. The number of aliphatic hydroxyl groups excluding tert-OH is 1. The van der Waals surface area contributed by atoms with Crippen LogP contribution in [0.5, 0.6) is 0 Å². The predicted molar refractivity (Wildman–Crippen MR) is 84.5 cm³/mol. The highest BCUT2D eigenvalue weighted by atomic mass is 35.5. The van der Waals surface area contributed by atoms with Crippen LogP contribution in [-0.2, 0) is 22.6 Å². The van der Waals surface area contributed by atoms with Gasteiger partial charge in [-0.15, -0.1) is 0 Å². The molecule has 0 aromatic heterocycles. The molecule has 118 valence electrons. The summed E-state index contributed by atoms with van der Waals surface area (Å²) in [6, 6.07) is 11.7. The van der Waals surface area contributed by atoms with E-state index in [2.05, 4.69) is 0 Å². The molecule has 0 fully saturated rings. The molecule has 0 bridgehead atoms. The SMILES string of the molecule is CO.O=C(Cc1ccccc1)OCc1c(Cl)ccc(F)c1Cl. The second kappa shape index (κ2) is 9.41. The molecule has 0 aliphatic rings. The summed E-state index contributed by atoms with van der Waals surface area (Å²) in [7, 11) is 1.00. The Kier molecular flexibility index (Phi) is 7.88. The highest BCUT2D eigenvalue weighted by molar-refractivity contribution is 6.36. The van der Waals surface area contributed by atoms with Gasteiger partial charge in [0, 0.05) is 17.7 Å². The van der Waals surface area contributed by atoms with E-state index in [1.165, 1.54) is 12.1 Å². The van der Waals surface area contributed by atoms with Crippen molar-refractivity contribution < 1.29 is 19.0 Å². The number of hydrogen-bond donors (Lipinski definition) is 1. The van der Waals surface area contributed by atoms with Gasteiger partial charge in [-0.1, -0.05) is 53.5 Å². The van der Waals surface area contributed by atoms with Gasteiger partial charge in [-0.2, -0.15) is 0 Å². The summed E-state index contributed by atoms with van der Waals surface area (Å²) in [5.41, 5.74) is 1.11. The molecule has 2 rings (SSSR count). The van der Waals surface area contributed by atoms with E-state index in [-0.39, 0.29) is 28.6 Å². The molecule has 0 saturated carbocycles. The molecule has 6 heteroatoms. The van der Waals surface area contributed by atoms with Gasteiger partial charge in [-0.05, 0) is 17.7 Å². The maximum Gasteiger partial charge on any atom is 0.310 e. The fourth-order valence-corrected chi connectivity index (χ4v) is 2.15. The van der Waals surface area contributed by atoms with Crippen molar-refractivity contribution in [2.24, 2.45) is 0 Å². The maximum absolute atomic E-state index is 13.3. The van der Waals surface area contributed by atoms with Crippen LogP contribution in [0.25, 0.3) is 0 Å². The van der Waals surface area contributed by atoms with Crippen molar-refractivity contribution in [2.75, 3.05) is 7.11 Å². The molecule has 0 amide bonds. The Morgan fingerprint density at radius 2 is 1.77 bits per heavy atom. The predicted octanol–water partition coefficient (Wildman–Crippen LogP) is 4.03. The molecule has 22 heavy (non-hydrogen) atoms. The van der Waals surface area contributed by atoms with Crippen molar-refractivity contribution in [2.45, 2.75) is 13.0 Å². The van der Waals surface area contributed by atoms with Crippen LogP contribution in [0, 0.1) is 5.82 Å². The molecule has 2 aromatic carbocycles. The zero-order valence-corrected chi connectivity index (χ0v) is 13.4. The standard InChI is InChI=1S/C15H11Cl2FO2.CH4O/c16-12-6-7-13(18)15(17)11(12)9-20-14(19)8-10-4-2-1-3-5-10;1-2/h1-7H,8-9H2;2H,1H3. The lowest BCUT2D eigenvalue weighted by Crippen LogP contribution is -2.08. The van der Waals surface area contributed by atoms with E-state index >= 15 is 0 Å². The fraction of sp³-hybridized carbons (Fsp3) is 0.188. The number of hydrogen-bond acceptors (Lipinski definition) is 3. The van der Waals surface area contributed by atoms with Gasteiger partial charge in [0.25, 0.3) is 0 Å². The number of carbonyl (C=O) groups excluding carboxylic acids is 1. The molecular weight excluding hydrogens is 330 g/mol. The summed E-state index contributed by atoms with van der Waals surface area (Å²) in [6.45, 7) is -0.152. The van der Waals surface area contributed by atoms with E-state index < -0.39 is 11.8 Å². The Hall–Kier alpha value is -1.62. The highest BCUT2D eigenvalue weighted by Gasteiger charge is 2.13. The third-order valence-electron chi connectivity index (χ3n) is 2.71. The summed E-state index contributed by atoms with van der Waals surface area (Å²) in [5, 5.41) is 7.15. The summed E-state index contributed by atoms with van der Waals surface area (Å²) in [4.78, 5) is 11.7. The van der Waals surface area contributed by atoms with Crippen molar-refractivity contribution in [3.8, 4) is 0 Å². The average Bonchev–Trinajstić information content (AvgIpc) is 2.54. The molecule has 0 saturated heterocycles. The first kappa shape index (κ1) is 18.4. The molecule has 1 N–H and O–H groups in total. The molecule has 0 atom stereocenters. The lowest BCUT2D eigenvalue weighted by molar-refractivity contribution is -0.144. The molecule has 0 aliphatic heterocycles. The van der Waals surface area contributed by atoms with Crippen molar-refractivity contribution in [3.63, 3.8) is 0 Å². The smallest absolute Gasteiger partial charge is 0.310 e. The zero-order valence-electron chi connectivity index (χ0n) is 11.9. The molecular formula is C16H15Cl2FO3. The van der Waals surface area contributed by atoms with E-state index in [9.17, 15) is 9.18 Å². The van der Waals surface area contributed by atoms with Gasteiger partial charge < -0.3 is 9.84 Å². The first-order chi connectivity index (χ1) is 10.6. The Bertz CT molecular complexity index is 618. The van der Waals surface area contributed by atoms with Crippen LogP contribution in [0.3, 0.4) is 0 Å². The Balaban J connectivity index is 0.00000116. The van der Waals surface area contributed by atoms with E-state index in [4.69, 9.17) is 33.0 Å². The zero-order chi connectivity index (χ0) is 16.5. The fourth-order valence-electron chi connectivity index (χ4n) is 1.67. The summed E-state index contributed by atoms with van der Waals surface area (Å²) in [5.74, 6) is -1.02. The number of ether oxygens (including phenoxy) is 1. The Morgan fingerprint density at radius 3 is 2.41 bits per heavy atom. The largest absolute Gasteiger partial charge is 0.460 e. The first-order valence-electron chi connectivity index (χ1n) is 6.34. The minimum atomic E-state index is -0.592. The van der Waals surface area contributed by atoms with E-state index in [0.717, 1.165) is 12.7 Å². The molecule has 0 radical (unpaired) electrons. The van der Waals surface area contributed by atoms with Crippen molar-refractivity contribution >= 4 is 29.2 Å². The van der Waals surface area contributed by atoms with Crippen molar-refractivity contribution in [1.82, 2.24) is 0 Å². The number of esters is 1. The number of aliphatic hydroxyl groups is 1. The van der Waals surface area contributed by atoms with Crippen LogP contribution in [0.15, 0.2) is 42.5 Å². The van der Waals surface area contributed by atoms with Gasteiger partial charge in [-0.25, -0.2) is 4.39 Å². The van der Waals surface area contributed by atoms with Crippen molar-refractivity contribution in [3.05, 3.63) is 69.5 Å². The van der Waals surface area contributed by atoms with Gasteiger partial charge in [0.05, 0.1) is 11.4 Å². The van der Waals surface area contributed by atoms with Gasteiger partial charge >= 0.3 is 5.97 Å². The van der Waals surface area contributed by atoms with E-state index in [1.54, 1.807) is 0 Å². The molecule has 3 nitrogen and oxygen atoms in total. The third kappa shape index (κ3) is 5.30. The van der Waals surface area contributed by atoms with Gasteiger partial charge in [0.2, 0.25) is 0 Å². The van der Waals surface area contributed by atoms with Crippen LogP contribution in [0.2, 0.25) is 10.0 Å². The Labute approximate surface area is 138 Å². The summed E-state index contributed by atoms with van der Waals surface area (Å²) in [6.07, 6.45) is 0.144.